The van der Waals surface area contributed by atoms with Gasteiger partial charge in [0, 0.05) is 23.1 Å². The van der Waals surface area contributed by atoms with E-state index in [1.165, 1.54) is 23.1 Å². The topological polar surface area (TPSA) is 86.8 Å². The van der Waals surface area contributed by atoms with Crippen LogP contribution in [0.3, 0.4) is 0 Å². The molecule has 3 aromatic rings. The summed E-state index contributed by atoms with van der Waals surface area (Å²) in [6.45, 7) is 5.45. The van der Waals surface area contributed by atoms with Crippen LogP contribution in [0.15, 0.2) is 83.8 Å². The molecule has 0 saturated heterocycles. The van der Waals surface area contributed by atoms with Gasteiger partial charge in [-0.05, 0) is 54.8 Å². The van der Waals surface area contributed by atoms with E-state index >= 15 is 0 Å². The molecule has 0 spiro atoms. The number of sulfonamides is 1. The fourth-order valence-corrected chi connectivity index (χ4v) is 5.53. The molecule has 202 valence electrons. The Morgan fingerprint density at radius 3 is 2.18 bits per heavy atom. The maximum Gasteiger partial charge on any atom is 0.264 e. The monoisotopic (exact) mass is 575 g/mol. The molecule has 2 amide bonds. The van der Waals surface area contributed by atoms with Crippen molar-refractivity contribution in [3.8, 4) is 0 Å². The normalized spacial score (nSPS) is 12.2. The summed E-state index contributed by atoms with van der Waals surface area (Å²) in [7, 11) is -4.15. The lowest BCUT2D eigenvalue weighted by Gasteiger charge is -2.32. The van der Waals surface area contributed by atoms with Gasteiger partial charge in [-0.2, -0.15) is 0 Å². The Balaban J connectivity index is 2.01. The van der Waals surface area contributed by atoms with Crippen LogP contribution in [0.1, 0.15) is 26.3 Å². The highest BCUT2D eigenvalue weighted by Gasteiger charge is 2.32. The van der Waals surface area contributed by atoms with Gasteiger partial charge in [-0.15, -0.1) is 0 Å². The molecular weight excluding hydrogens is 545 g/mol. The summed E-state index contributed by atoms with van der Waals surface area (Å²) in [5.41, 5.74) is 0.857. The first-order valence-electron chi connectivity index (χ1n) is 12.1. The number of halogens is 2. The minimum atomic E-state index is -4.15. The van der Waals surface area contributed by atoms with Gasteiger partial charge < -0.3 is 10.2 Å². The van der Waals surface area contributed by atoms with Crippen molar-refractivity contribution in [3.63, 3.8) is 0 Å². The number of hydrogen-bond acceptors (Lipinski definition) is 4. The smallest absolute Gasteiger partial charge is 0.264 e. The number of amides is 2. The molecule has 0 unspecified atom stereocenters. The van der Waals surface area contributed by atoms with E-state index in [-0.39, 0.29) is 29.0 Å². The first-order chi connectivity index (χ1) is 18.0. The van der Waals surface area contributed by atoms with Crippen molar-refractivity contribution in [2.75, 3.05) is 17.4 Å². The van der Waals surface area contributed by atoms with E-state index in [1.807, 2.05) is 13.8 Å². The molecule has 10 heteroatoms. The average molecular weight is 577 g/mol. The molecule has 0 aromatic heterocycles. The van der Waals surface area contributed by atoms with E-state index in [2.05, 4.69) is 5.32 Å². The maximum atomic E-state index is 13.9. The van der Waals surface area contributed by atoms with Gasteiger partial charge in [0.1, 0.15) is 12.6 Å². The van der Waals surface area contributed by atoms with E-state index in [0.29, 0.717) is 22.2 Å². The van der Waals surface area contributed by atoms with Crippen LogP contribution in [0, 0.1) is 5.92 Å². The number of carbonyl (C=O) groups is 2. The molecule has 0 fully saturated rings. The molecule has 0 bridgehead atoms. The van der Waals surface area contributed by atoms with E-state index in [4.69, 9.17) is 23.2 Å². The highest BCUT2D eigenvalue weighted by Crippen LogP contribution is 2.27. The number of nitrogens with zero attached hydrogens (tertiary/aromatic N) is 2. The third-order valence-electron chi connectivity index (χ3n) is 5.86. The third kappa shape index (κ3) is 7.49. The van der Waals surface area contributed by atoms with E-state index in [1.54, 1.807) is 67.6 Å². The van der Waals surface area contributed by atoms with Gasteiger partial charge in [0.05, 0.1) is 10.6 Å². The highest BCUT2D eigenvalue weighted by atomic mass is 35.5. The number of hydrogen-bond donors (Lipinski definition) is 1. The van der Waals surface area contributed by atoms with Gasteiger partial charge in [0.15, 0.2) is 0 Å². The summed E-state index contributed by atoms with van der Waals surface area (Å²) in [5, 5.41) is 3.60. The fraction of sp³-hybridized carbons (Fsp3) is 0.286. The van der Waals surface area contributed by atoms with E-state index in [9.17, 15) is 18.0 Å². The third-order valence-corrected chi connectivity index (χ3v) is 8.25. The first kappa shape index (κ1) is 29.5. The van der Waals surface area contributed by atoms with Crippen LogP contribution >= 0.6 is 23.2 Å². The molecule has 0 aliphatic rings. The number of rotatable bonds is 11. The lowest BCUT2D eigenvalue weighted by atomic mass is 10.1. The molecule has 3 aromatic carbocycles. The Bertz CT molecular complexity index is 1370. The highest BCUT2D eigenvalue weighted by molar-refractivity contribution is 7.92. The summed E-state index contributed by atoms with van der Waals surface area (Å²) in [5.74, 6) is -0.705. The maximum absolute atomic E-state index is 13.9. The van der Waals surface area contributed by atoms with Gasteiger partial charge in [-0.25, -0.2) is 8.42 Å². The van der Waals surface area contributed by atoms with Gasteiger partial charge in [0.2, 0.25) is 11.8 Å². The van der Waals surface area contributed by atoms with Crippen molar-refractivity contribution in [2.45, 2.75) is 38.3 Å². The van der Waals surface area contributed by atoms with Crippen molar-refractivity contribution >= 4 is 50.7 Å². The zero-order valence-electron chi connectivity index (χ0n) is 21.5. The largest absolute Gasteiger partial charge is 0.354 e. The lowest BCUT2D eigenvalue weighted by Crippen LogP contribution is -2.51. The molecule has 1 N–H and O–H groups in total. The number of anilines is 1. The van der Waals surface area contributed by atoms with E-state index in [0.717, 1.165) is 4.31 Å². The molecule has 0 aliphatic carbocycles. The summed E-state index contributed by atoms with van der Waals surface area (Å²) in [4.78, 5) is 28.2. The number of benzene rings is 3. The summed E-state index contributed by atoms with van der Waals surface area (Å²) in [6.07, 6.45) is 0. The van der Waals surface area contributed by atoms with Gasteiger partial charge in [-0.1, -0.05) is 79.5 Å². The number of carbonyl (C=O) groups excluding carboxylic acids is 2. The Kier molecular flexibility index (Phi) is 10.2. The van der Waals surface area contributed by atoms with Crippen molar-refractivity contribution < 1.29 is 18.0 Å². The van der Waals surface area contributed by atoms with Crippen LogP contribution < -0.4 is 9.62 Å². The predicted molar refractivity (Wildman–Crippen MR) is 152 cm³/mol. The summed E-state index contributed by atoms with van der Waals surface area (Å²) in [6, 6.07) is 20.2. The zero-order chi connectivity index (χ0) is 27.9. The molecule has 0 saturated carbocycles. The van der Waals surface area contributed by atoms with Crippen LogP contribution in [0.4, 0.5) is 5.69 Å². The van der Waals surface area contributed by atoms with Crippen molar-refractivity contribution in [2.24, 2.45) is 5.92 Å². The minimum Gasteiger partial charge on any atom is -0.354 e. The summed E-state index contributed by atoms with van der Waals surface area (Å²) < 4.78 is 28.4. The predicted octanol–water partition coefficient (Wildman–Crippen LogP) is 5.38. The second-order valence-electron chi connectivity index (χ2n) is 9.23. The van der Waals surface area contributed by atoms with Gasteiger partial charge >= 0.3 is 0 Å². The molecule has 1 atom stereocenters. The van der Waals surface area contributed by atoms with E-state index < -0.39 is 28.5 Å². The molecule has 7 nitrogen and oxygen atoms in total. The standard InChI is InChI=1S/C28H31Cl2N3O4S/c1-20(2)17-31-28(35)21(3)32(18-22-10-7-8-15-26(22)30)27(34)19-33(24-12-9-11-23(29)16-24)38(36,37)25-13-5-4-6-14-25/h4-16,20-21H,17-19H2,1-3H3,(H,31,35)/t21-/m1/s1. The van der Waals surface area contributed by atoms with Gasteiger partial charge in [0.25, 0.3) is 10.0 Å². The Morgan fingerprint density at radius 1 is 0.895 bits per heavy atom. The van der Waals surface area contributed by atoms with Crippen molar-refractivity contribution in [3.05, 3.63) is 94.5 Å². The average Bonchev–Trinajstić information content (AvgIpc) is 2.89. The van der Waals surface area contributed by atoms with Crippen LogP contribution in [0.2, 0.25) is 10.0 Å². The summed E-state index contributed by atoms with van der Waals surface area (Å²) >= 11 is 12.5. The SMILES string of the molecule is CC(C)CNC(=O)[C@@H](C)N(Cc1ccccc1Cl)C(=O)CN(c1cccc(Cl)c1)S(=O)(=O)c1ccccc1. The fourth-order valence-electron chi connectivity index (χ4n) is 3.72. The van der Waals surface area contributed by atoms with Gasteiger partial charge in [-0.3, -0.25) is 13.9 Å². The molecule has 0 aliphatic heterocycles. The Labute approximate surface area is 234 Å². The second-order valence-corrected chi connectivity index (χ2v) is 11.9. The Hall–Kier alpha value is -3.07. The second kappa shape index (κ2) is 13.1. The van der Waals surface area contributed by atoms with Crippen molar-refractivity contribution in [1.29, 1.82) is 0 Å². The van der Waals surface area contributed by atoms with Crippen LogP contribution in [-0.2, 0) is 26.2 Å². The quantitative estimate of drug-likeness (QED) is 0.332. The number of nitrogens with one attached hydrogen (secondary N) is 1. The van der Waals surface area contributed by atoms with Crippen LogP contribution in [-0.4, -0.2) is 44.3 Å². The zero-order valence-corrected chi connectivity index (χ0v) is 23.8. The van der Waals surface area contributed by atoms with Crippen LogP contribution in [0.5, 0.6) is 0 Å². The molecule has 0 heterocycles. The molecule has 3 rings (SSSR count). The Morgan fingerprint density at radius 2 is 1.55 bits per heavy atom. The molecular formula is C28H31Cl2N3O4S. The van der Waals surface area contributed by atoms with Crippen molar-refractivity contribution in [1.82, 2.24) is 10.2 Å². The van der Waals surface area contributed by atoms with Crippen LogP contribution in [0.25, 0.3) is 0 Å². The lowest BCUT2D eigenvalue weighted by molar-refractivity contribution is -0.139. The molecule has 38 heavy (non-hydrogen) atoms. The first-order valence-corrected chi connectivity index (χ1v) is 14.3. The minimum absolute atomic E-state index is 0.0174. The molecule has 0 radical (unpaired) electrons.